The third-order valence-corrected chi connectivity index (χ3v) is 4.87. The molecule has 0 aliphatic carbocycles. The molecular weight excluding hydrogens is 316 g/mol. The maximum Gasteiger partial charge on any atom is 0.226 e. The first-order valence-corrected chi connectivity index (χ1v) is 8.70. The topological polar surface area (TPSA) is 67.2 Å². The average Bonchev–Trinajstić information content (AvgIpc) is 3.08. The van der Waals surface area contributed by atoms with Gasteiger partial charge in [-0.1, -0.05) is 12.1 Å². The van der Waals surface area contributed by atoms with Crippen LogP contribution in [0.15, 0.2) is 24.3 Å². The number of aryl methyl sites for hydroxylation is 1. The lowest BCUT2D eigenvalue weighted by atomic mass is 10.1. The first-order valence-electron chi connectivity index (χ1n) is 8.70. The van der Waals surface area contributed by atoms with Crippen molar-refractivity contribution in [1.29, 1.82) is 0 Å². The molecule has 1 aliphatic rings. The summed E-state index contributed by atoms with van der Waals surface area (Å²) in [4.78, 5) is 31.3. The van der Waals surface area contributed by atoms with Gasteiger partial charge in [0.25, 0.3) is 0 Å². The highest BCUT2D eigenvalue weighted by Crippen LogP contribution is 2.27. The van der Waals surface area contributed by atoms with Gasteiger partial charge in [-0.3, -0.25) is 9.59 Å². The highest BCUT2D eigenvalue weighted by Gasteiger charge is 2.39. The smallest absolute Gasteiger partial charge is 0.226 e. The fourth-order valence-electron chi connectivity index (χ4n) is 3.48. The Balaban J connectivity index is 1.72. The largest absolute Gasteiger partial charge is 0.346 e. The van der Waals surface area contributed by atoms with Crippen LogP contribution in [0.5, 0.6) is 0 Å². The number of likely N-dealkylation sites (tertiary alicyclic amines) is 1. The molecule has 2 aromatic rings. The number of aromatic nitrogens is 2. The van der Waals surface area contributed by atoms with Gasteiger partial charge in [0.05, 0.1) is 23.0 Å². The Morgan fingerprint density at radius 1 is 1.32 bits per heavy atom. The highest BCUT2D eigenvalue weighted by molar-refractivity contribution is 5.89. The number of benzene rings is 1. The summed E-state index contributed by atoms with van der Waals surface area (Å²) in [5.74, 6) is 0.470. The second kappa shape index (κ2) is 6.17. The SMILES string of the molecule is C[C@H](NC(=O)[C@H]1CC(=O)N(C(C)(C)C)C1)c1nc2ccccc2n1C. The molecule has 1 aromatic carbocycles. The molecule has 25 heavy (non-hydrogen) atoms. The predicted octanol–water partition coefficient (Wildman–Crippen LogP) is 2.40. The molecule has 134 valence electrons. The zero-order valence-corrected chi connectivity index (χ0v) is 15.5. The van der Waals surface area contributed by atoms with Crippen molar-refractivity contribution < 1.29 is 9.59 Å². The molecule has 1 aliphatic heterocycles. The third kappa shape index (κ3) is 3.25. The van der Waals surface area contributed by atoms with Crippen LogP contribution in [0.25, 0.3) is 11.0 Å². The number of para-hydroxylation sites is 2. The molecule has 1 aromatic heterocycles. The molecule has 0 unspecified atom stereocenters. The van der Waals surface area contributed by atoms with E-state index in [0.717, 1.165) is 16.9 Å². The average molecular weight is 342 g/mol. The van der Waals surface area contributed by atoms with Crippen LogP contribution >= 0.6 is 0 Å². The molecule has 1 fully saturated rings. The lowest BCUT2D eigenvalue weighted by Gasteiger charge is -2.32. The minimum Gasteiger partial charge on any atom is -0.346 e. The standard InChI is InChI=1S/C19H26N4O2/c1-12(17-21-14-8-6-7-9-15(14)22(17)5)20-18(25)13-10-16(24)23(11-13)19(2,3)4/h6-9,12-13H,10-11H2,1-5H3,(H,20,25)/t12-,13-/m0/s1. The van der Waals surface area contributed by atoms with Gasteiger partial charge in [-0.2, -0.15) is 0 Å². The van der Waals surface area contributed by atoms with Crippen LogP contribution in [-0.2, 0) is 16.6 Å². The van der Waals surface area contributed by atoms with E-state index in [1.807, 2.05) is 63.6 Å². The van der Waals surface area contributed by atoms with E-state index in [-0.39, 0.29) is 35.7 Å². The van der Waals surface area contributed by atoms with Crippen LogP contribution in [0.2, 0.25) is 0 Å². The summed E-state index contributed by atoms with van der Waals surface area (Å²) < 4.78 is 2.00. The molecule has 1 saturated heterocycles. The van der Waals surface area contributed by atoms with Crippen molar-refractivity contribution in [1.82, 2.24) is 19.8 Å². The van der Waals surface area contributed by atoms with Crippen LogP contribution in [0, 0.1) is 5.92 Å². The summed E-state index contributed by atoms with van der Waals surface area (Å²) in [5, 5.41) is 3.03. The highest BCUT2D eigenvalue weighted by atomic mass is 16.2. The number of hydrogen-bond donors (Lipinski definition) is 1. The van der Waals surface area contributed by atoms with E-state index in [4.69, 9.17) is 0 Å². The van der Waals surface area contributed by atoms with E-state index in [0.29, 0.717) is 6.54 Å². The van der Waals surface area contributed by atoms with Gasteiger partial charge in [0.1, 0.15) is 5.82 Å². The van der Waals surface area contributed by atoms with Crippen molar-refractivity contribution in [3.05, 3.63) is 30.1 Å². The summed E-state index contributed by atoms with van der Waals surface area (Å²) in [6, 6.07) is 7.68. The number of imidazole rings is 1. The summed E-state index contributed by atoms with van der Waals surface area (Å²) in [5.41, 5.74) is 1.69. The minimum absolute atomic E-state index is 0.0445. The van der Waals surface area contributed by atoms with E-state index in [1.165, 1.54) is 0 Å². The molecule has 6 nitrogen and oxygen atoms in total. The van der Waals surface area contributed by atoms with Gasteiger partial charge in [-0.15, -0.1) is 0 Å². The molecule has 0 bridgehead atoms. The molecule has 6 heteroatoms. The van der Waals surface area contributed by atoms with Crippen molar-refractivity contribution in [3.8, 4) is 0 Å². The maximum absolute atomic E-state index is 12.6. The lowest BCUT2D eigenvalue weighted by molar-refractivity contribution is -0.132. The van der Waals surface area contributed by atoms with E-state index >= 15 is 0 Å². The minimum atomic E-state index is -0.302. The van der Waals surface area contributed by atoms with Gasteiger partial charge < -0.3 is 14.8 Å². The molecule has 1 N–H and O–H groups in total. The summed E-state index contributed by atoms with van der Waals surface area (Å²) >= 11 is 0. The van der Waals surface area contributed by atoms with Gasteiger partial charge in [0.15, 0.2) is 0 Å². The molecule has 3 rings (SSSR count). The van der Waals surface area contributed by atoms with Gasteiger partial charge in [0, 0.05) is 25.6 Å². The van der Waals surface area contributed by atoms with E-state index in [1.54, 1.807) is 4.90 Å². The summed E-state index contributed by atoms with van der Waals surface area (Å²) in [6.45, 7) is 8.38. The Kier molecular flexibility index (Phi) is 4.31. The number of nitrogens with zero attached hydrogens (tertiary/aromatic N) is 3. The normalized spacial score (nSPS) is 19.5. The van der Waals surface area contributed by atoms with Gasteiger partial charge in [0.2, 0.25) is 11.8 Å². The molecule has 2 atom stereocenters. The second-order valence-corrected chi connectivity index (χ2v) is 7.82. The first kappa shape index (κ1) is 17.5. The maximum atomic E-state index is 12.6. The van der Waals surface area contributed by atoms with Crippen LogP contribution in [-0.4, -0.2) is 38.3 Å². The zero-order chi connectivity index (χ0) is 18.4. The molecule has 0 saturated carbocycles. The third-order valence-electron chi connectivity index (χ3n) is 4.87. The zero-order valence-electron chi connectivity index (χ0n) is 15.5. The quantitative estimate of drug-likeness (QED) is 0.931. The number of carbonyl (C=O) groups is 2. The van der Waals surface area contributed by atoms with Gasteiger partial charge in [-0.25, -0.2) is 4.98 Å². The monoisotopic (exact) mass is 342 g/mol. The number of hydrogen-bond acceptors (Lipinski definition) is 3. The fourth-order valence-corrected chi connectivity index (χ4v) is 3.48. The molecular formula is C19H26N4O2. The van der Waals surface area contributed by atoms with E-state index < -0.39 is 0 Å². The Bertz CT molecular complexity index is 818. The Morgan fingerprint density at radius 3 is 2.60 bits per heavy atom. The first-order chi connectivity index (χ1) is 11.7. The Labute approximate surface area is 148 Å². The van der Waals surface area contributed by atoms with Gasteiger partial charge in [-0.05, 0) is 39.8 Å². The Hall–Kier alpha value is -2.37. The molecule has 2 heterocycles. The number of rotatable bonds is 3. The second-order valence-electron chi connectivity index (χ2n) is 7.82. The summed E-state index contributed by atoms with van der Waals surface area (Å²) in [7, 11) is 1.95. The fraction of sp³-hybridized carbons (Fsp3) is 0.526. The van der Waals surface area contributed by atoms with Crippen LogP contribution in [0.4, 0.5) is 0 Å². The van der Waals surface area contributed by atoms with Gasteiger partial charge >= 0.3 is 0 Å². The molecule has 0 radical (unpaired) electrons. The van der Waals surface area contributed by atoms with Crippen LogP contribution < -0.4 is 5.32 Å². The van der Waals surface area contributed by atoms with Crippen molar-refractivity contribution in [2.45, 2.75) is 45.7 Å². The summed E-state index contributed by atoms with van der Waals surface area (Å²) in [6.07, 6.45) is 0.276. The number of fused-ring (bicyclic) bond motifs is 1. The number of carbonyl (C=O) groups excluding carboxylic acids is 2. The predicted molar refractivity (Wildman–Crippen MR) is 96.8 cm³/mol. The lowest BCUT2D eigenvalue weighted by Crippen LogP contribution is -2.43. The number of nitrogens with one attached hydrogen (secondary N) is 1. The van der Waals surface area contributed by atoms with Crippen molar-refractivity contribution in [2.24, 2.45) is 13.0 Å². The van der Waals surface area contributed by atoms with Crippen molar-refractivity contribution in [2.75, 3.05) is 6.54 Å². The number of amides is 2. The molecule has 0 spiro atoms. The Morgan fingerprint density at radius 2 is 2.00 bits per heavy atom. The molecule has 2 amide bonds. The van der Waals surface area contributed by atoms with Crippen LogP contribution in [0.3, 0.4) is 0 Å². The van der Waals surface area contributed by atoms with E-state index in [9.17, 15) is 9.59 Å². The van der Waals surface area contributed by atoms with Crippen molar-refractivity contribution >= 4 is 22.8 Å². The van der Waals surface area contributed by atoms with E-state index in [2.05, 4.69) is 10.3 Å². The van der Waals surface area contributed by atoms with Crippen LogP contribution in [0.1, 0.15) is 46.0 Å². The van der Waals surface area contributed by atoms with Crippen molar-refractivity contribution in [3.63, 3.8) is 0 Å².